The van der Waals surface area contributed by atoms with E-state index in [9.17, 15) is 14.7 Å². The van der Waals surface area contributed by atoms with Gasteiger partial charge in [-0.1, -0.05) is 12.1 Å². The lowest BCUT2D eigenvalue weighted by molar-refractivity contribution is -0.132. The van der Waals surface area contributed by atoms with Gasteiger partial charge in [0.25, 0.3) is 11.7 Å². The van der Waals surface area contributed by atoms with Gasteiger partial charge in [0, 0.05) is 31.0 Å². The maximum absolute atomic E-state index is 13.4. The van der Waals surface area contributed by atoms with Crippen molar-refractivity contribution in [3.05, 3.63) is 89.0 Å². The predicted octanol–water partition coefficient (Wildman–Crippen LogP) is 5.48. The van der Waals surface area contributed by atoms with Crippen molar-refractivity contribution in [3.63, 3.8) is 0 Å². The van der Waals surface area contributed by atoms with Crippen LogP contribution >= 0.6 is 0 Å². The van der Waals surface area contributed by atoms with Gasteiger partial charge in [-0.2, -0.15) is 0 Å². The quantitative estimate of drug-likeness (QED) is 0.263. The van der Waals surface area contributed by atoms with Gasteiger partial charge in [0.05, 0.1) is 24.8 Å². The minimum atomic E-state index is -0.820. The van der Waals surface area contributed by atoms with E-state index in [4.69, 9.17) is 9.47 Å². The highest BCUT2D eigenvalue weighted by Crippen LogP contribution is 2.43. The number of aryl methyl sites for hydroxylation is 1. The average molecular weight is 501 g/mol. The number of anilines is 2. The largest absolute Gasteiger partial charge is 0.507 e. The zero-order chi connectivity index (χ0) is 26.9. The zero-order valence-corrected chi connectivity index (χ0v) is 22.0. The van der Waals surface area contributed by atoms with Gasteiger partial charge in [0.15, 0.2) is 0 Å². The minimum absolute atomic E-state index is 0.00439. The van der Waals surface area contributed by atoms with Crippen molar-refractivity contribution in [1.82, 2.24) is 0 Å². The molecule has 1 aliphatic heterocycles. The molecule has 0 spiro atoms. The number of benzene rings is 3. The molecule has 7 nitrogen and oxygen atoms in total. The molecule has 3 aromatic rings. The van der Waals surface area contributed by atoms with Crippen LogP contribution in [0.25, 0.3) is 5.76 Å². The van der Waals surface area contributed by atoms with Gasteiger partial charge >= 0.3 is 0 Å². The summed E-state index contributed by atoms with van der Waals surface area (Å²) in [6.07, 6.45) is 0.00439. The van der Waals surface area contributed by atoms with E-state index >= 15 is 0 Å². The Morgan fingerprint density at radius 2 is 1.57 bits per heavy atom. The minimum Gasteiger partial charge on any atom is -0.507 e. The average Bonchev–Trinajstić information content (AvgIpc) is 3.14. The highest BCUT2D eigenvalue weighted by Gasteiger charge is 2.47. The lowest BCUT2D eigenvalue weighted by Crippen LogP contribution is -2.29. The Morgan fingerprint density at radius 3 is 2.11 bits per heavy atom. The molecular formula is C30H32N2O5. The first kappa shape index (κ1) is 25.8. The SMILES string of the molecule is COc1ccc(/C(O)=C2/C(=O)C(=O)N(c3ccc(N(C)C)cc3)C2c2ccc(OC(C)C)cc2)c(C)c1. The lowest BCUT2D eigenvalue weighted by Gasteiger charge is -2.26. The van der Waals surface area contributed by atoms with Gasteiger partial charge < -0.3 is 19.5 Å². The topological polar surface area (TPSA) is 79.3 Å². The van der Waals surface area contributed by atoms with Crippen molar-refractivity contribution in [2.45, 2.75) is 32.9 Å². The van der Waals surface area contributed by atoms with E-state index in [0.29, 0.717) is 28.3 Å². The summed E-state index contributed by atoms with van der Waals surface area (Å²) >= 11 is 0. The van der Waals surface area contributed by atoms with Crippen LogP contribution in [0.5, 0.6) is 11.5 Å². The van der Waals surface area contributed by atoms with Crippen molar-refractivity contribution < 1.29 is 24.2 Å². The van der Waals surface area contributed by atoms with Crippen LogP contribution in [-0.4, -0.2) is 44.1 Å². The van der Waals surface area contributed by atoms with E-state index in [1.807, 2.05) is 88.3 Å². The Bertz CT molecular complexity index is 1340. The van der Waals surface area contributed by atoms with Gasteiger partial charge in [-0.25, -0.2) is 0 Å². The van der Waals surface area contributed by atoms with Crippen molar-refractivity contribution >= 4 is 28.8 Å². The van der Waals surface area contributed by atoms with E-state index in [-0.39, 0.29) is 17.4 Å². The number of carbonyl (C=O) groups is 2. The Labute approximate surface area is 217 Å². The van der Waals surface area contributed by atoms with Gasteiger partial charge in [0.2, 0.25) is 0 Å². The van der Waals surface area contributed by atoms with Crippen molar-refractivity contribution in [2.75, 3.05) is 31.0 Å². The van der Waals surface area contributed by atoms with Gasteiger partial charge in [-0.15, -0.1) is 0 Å². The van der Waals surface area contributed by atoms with E-state index in [0.717, 1.165) is 11.3 Å². The number of amides is 1. The van der Waals surface area contributed by atoms with Crippen molar-refractivity contribution in [2.24, 2.45) is 0 Å². The standard InChI is InChI=1S/C30H32N2O5/c1-18(2)37-23-13-7-20(8-14-23)27-26(28(33)25-16-15-24(36-6)17-19(25)3)29(34)30(35)32(27)22-11-9-21(10-12-22)31(4)5/h7-18,27,33H,1-6H3/b28-26-. The number of rotatable bonds is 7. The first-order valence-corrected chi connectivity index (χ1v) is 12.1. The molecule has 1 heterocycles. The number of Topliss-reactive ketones (excluding diaryl/α,β-unsaturated/α-hetero) is 1. The number of aliphatic hydroxyl groups is 1. The number of hydrogen-bond donors (Lipinski definition) is 1. The lowest BCUT2D eigenvalue weighted by atomic mass is 9.93. The summed E-state index contributed by atoms with van der Waals surface area (Å²) < 4.78 is 11.1. The number of methoxy groups -OCH3 is 1. The third-order valence-electron chi connectivity index (χ3n) is 6.35. The fourth-order valence-corrected chi connectivity index (χ4v) is 4.50. The molecule has 0 aromatic heterocycles. The van der Waals surface area contributed by atoms with Gasteiger partial charge in [-0.3, -0.25) is 14.5 Å². The van der Waals surface area contributed by atoms with Crippen molar-refractivity contribution in [1.29, 1.82) is 0 Å². The molecule has 7 heteroatoms. The second kappa shape index (κ2) is 10.4. The number of nitrogens with zero attached hydrogens (tertiary/aromatic N) is 2. The second-order valence-electron chi connectivity index (χ2n) is 9.50. The molecular weight excluding hydrogens is 468 g/mol. The summed E-state index contributed by atoms with van der Waals surface area (Å²) in [6, 6.07) is 19.0. The van der Waals surface area contributed by atoms with E-state index < -0.39 is 17.7 Å². The monoisotopic (exact) mass is 500 g/mol. The summed E-state index contributed by atoms with van der Waals surface area (Å²) in [6.45, 7) is 5.70. The molecule has 192 valence electrons. The molecule has 1 aliphatic rings. The highest BCUT2D eigenvalue weighted by molar-refractivity contribution is 6.51. The van der Waals surface area contributed by atoms with Crippen LogP contribution in [0.15, 0.2) is 72.3 Å². The summed E-state index contributed by atoms with van der Waals surface area (Å²) in [5.74, 6) is -0.349. The first-order chi connectivity index (χ1) is 17.6. The van der Waals surface area contributed by atoms with E-state index in [1.165, 1.54) is 4.90 Å². The van der Waals surface area contributed by atoms with Crippen LogP contribution in [-0.2, 0) is 9.59 Å². The summed E-state index contributed by atoms with van der Waals surface area (Å²) in [4.78, 5) is 30.3. The third-order valence-corrected chi connectivity index (χ3v) is 6.35. The molecule has 37 heavy (non-hydrogen) atoms. The highest BCUT2D eigenvalue weighted by atomic mass is 16.5. The Hall–Kier alpha value is -4.26. The Morgan fingerprint density at radius 1 is 0.946 bits per heavy atom. The van der Waals surface area contributed by atoms with Crippen LogP contribution in [0.4, 0.5) is 11.4 Å². The number of hydrogen-bond acceptors (Lipinski definition) is 6. The maximum atomic E-state index is 13.4. The Kier molecular flexibility index (Phi) is 7.25. The van der Waals surface area contributed by atoms with E-state index in [2.05, 4.69) is 0 Å². The van der Waals surface area contributed by atoms with Crippen LogP contribution in [0.1, 0.15) is 36.6 Å². The number of carbonyl (C=O) groups excluding carboxylic acids is 2. The molecule has 1 fully saturated rings. The molecule has 1 unspecified atom stereocenters. The Balaban J connectivity index is 1.89. The van der Waals surface area contributed by atoms with E-state index in [1.54, 1.807) is 25.3 Å². The number of aliphatic hydroxyl groups excluding tert-OH is 1. The van der Waals surface area contributed by atoms with Crippen LogP contribution in [0, 0.1) is 6.92 Å². The molecule has 0 radical (unpaired) electrons. The van der Waals surface area contributed by atoms with Crippen LogP contribution in [0.2, 0.25) is 0 Å². The normalized spacial score (nSPS) is 16.8. The number of ether oxygens (including phenoxy) is 2. The molecule has 0 bridgehead atoms. The molecule has 1 amide bonds. The molecule has 1 N–H and O–H groups in total. The predicted molar refractivity (Wildman–Crippen MR) is 145 cm³/mol. The molecule has 4 rings (SSSR count). The maximum Gasteiger partial charge on any atom is 0.300 e. The molecule has 0 aliphatic carbocycles. The summed E-state index contributed by atoms with van der Waals surface area (Å²) in [5, 5.41) is 11.4. The second-order valence-corrected chi connectivity index (χ2v) is 9.50. The molecule has 0 saturated carbocycles. The fourth-order valence-electron chi connectivity index (χ4n) is 4.50. The zero-order valence-electron chi connectivity index (χ0n) is 22.0. The fraction of sp³-hybridized carbons (Fsp3) is 0.267. The van der Waals surface area contributed by atoms with Crippen molar-refractivity contribution in [3.8, 4) is 11.5 Å². The van der Waals surface area contributed by atoms with Crippen LogP contribution < -0.4 is 19.3 Å². The molecule has 3 aromatic carbocycles. The first-order valence-electron chi connectivity index (χ1n) is 12.1. The third kappa shape index (κ3) is 5.03. The van der Waals surface area contributed by atoms with Gasteiger partial charge in [-0.05, 0) is 86.5 Å². The van der Waals surface area contributed by atoms with Crippen LogP contribution in [0.3, 0.4) is 0 Å². The summed E-state index contributed by atoms with van der Waals surface area (Å²) in [7, 11) is 5.42. The smallest absolute Gasteiger partial charge is 0.300 e. The molecule has 1 atom stereocenters. The summed E-state index contributed by atoms with van der Waals surface area (Å²) in [5.41, 5.74) is 3.42. The van der Waals surface area contributed by atoms with Gasteiger partial charge in [0.1, 0.15) is 17.3 Å². The number of ketones is 1. The molecule has 1 saturated heterocycles.